The third-order valence-electron chi connectivity index (χ3n) is 7.29. The molecule has 0 bridgehead atoms. The Balaban J connectivity index is 1.48. The molecule has 0 saturated heterocycles. The highest BCUT2D eigenvalue weighted by Crippen LogP contribution is 2.45. The van der Waals surface area contributed by atoms with Gasteiger partial charge in [0, 0.05) is 50.5 Å². The average Bonchev–Trinajstić information content (AvgIpc) is 3.42. The van der Waals surface area contributed by atoms with Crippen LogP contribution in [0.4, 0.5) is 0 Å². The fourth-order valence-electron chi connectivity index (χ4n) is 4.99. The molecule has 5 rings (SSSR count). The predicted octanol–water partition coefficient (Wildman–Crippen LogP) is 7.10. The second kappa shape index (κ2) is 15.3. The van der Waals surface area contributed by atoms with Crippen molar-refractivity contribution in [2.45, 2.75) is 30.9 Å². The Morgan fingerprint density at radius 1 is 0.909 bits per heavy atom. The Hall–Kier alpha value is -3.02. The lowest BCUT2D eigenvalue weighted by Crippen LogP contribution is -2.54. The van der Waals surface area contributed by atoms with E-state index in [4.69, 9.17) is 19.6 Å². The van der Waals surface area contributed by atoms with E-state index in [2.05, 4.69) is 70.8 Å². The molecule has 1 heterocycles. The van der Waals surface area contributed by atoms with Crippen LogP contribution in [0.25, 0.3) is 0 Å². The van der Waals surface area contributed by atoms with E-state index >= 15 is 0 Å². The van der Waals surface area contributed by atoms with E-state index in [0.29, 0.717) is 31.2 Å². The van der Waals surface area contributed by atoms with Gasteiger partial charge in [0.2, 0.25) is 5.90 Å². The van der Waals surface area contributed by atoms with Crippen LogP contribution in [0.3, 0.4) is 0 Å². The zero-order chi connectivity index (χ0) is 30.9. The molecular formula is C34H32Br3N3O4. The molecule has 0 fully saturated rings. The molecule has 1 aliphatic rings. The van der Waals surface area contributed by atoms with E-state index in [0.717, 1.165) is 42.1 Å². The summed E-state index contributed by atoms with van der Waals surface area (Å²) in [5.74, 6) is 0.740. The normalized spacial score (nSPS) is 17.5. The van der Waals surface area contributed by atoms with Gasteiger partial charge in [-0.15, -0.1) is 0 Å². The van der Waals surface area contributed by atoms with Gasteiger partial charge in [0.25, 0.3) is 5.91 Å². The van der Waals surface area contributed by atoms with Crippen LogP contribution < -0.4 is 15.6 Å². The van der Waals surface area contributed by atoms with Crippen molar-refractivity contribution >= 4 is 59.6 Å². The first-order valence-corrected chi connectivity index (χ1v) is 16.6. The first kappa shape index (κ1) is 32.4. The molecule has 4 aromatic carbocycles. The number of hydrazine groups is 1. The molecule has 0 saturated carbocycles. The highest BCUT2D eigenvalue weighted by atomic mass is 79.9. The van der Waals surface area contributed by atoms with Crippen molar-refractivity contribution in [2.75, 3.05) is 19.8 Å². The smallest absolute Gasteiger partial charge is 0.266 e. The molecule has 1 aliphatic heterocycles. The van der Waals surface area contributed by atoms with Gasteiger partial charge in [-0.1, -0.05) is 96.3 Å². The first-order valence-electron chi connectivity index (χ1n) is 14.3. The lowest BCUT2D eigenvalue weighted by molar-refractivity contribution is -0.130. The highest BCUT2D eigenvalue weighted by molar-refractivity contribution is 9.11. The number of aliphatic hydroxyl groups is 1. The van der Waals surface area contributed by atoms with Gasteiger partial charge in [-0.05, 0) is 66.1 Å². The third-order valence-corrected chi connectivity index (χ3v) is 9.31. The van der Waals surface area contributed by atoms with Crippen LogP contribution in [-0.4, -0.2) is 42.2 Å². The van der Waals surface area contributed by atoms with Crippen LogP contribution in [0.5, 0.6) is 5.75 Å². The number of aliphatic hydroxyl groups excluding tert-OH is 1. The minimum Gasteiger partial charge on any atom is -0.494 e. The lowest BCUT2D eigenvalue weighted by atomic mass is 9.82. The van der Waals surface area contributed by atoms with E-state index in [9.17, 15) is 4.79 Å². The number of ether oxygens (including phenoxy) is 2. The van der Waals surface area contributed by atoms with E-state index < -0.39 is 11.6 Å². The summed E-state index contributed by atoms with van der Waals surface area (Å²) in [4.78, 5) is 19.5. The minimum atomic E-state index is -1.34. The summed E-state index contributed by atoms with van der Waals surface area (Å²) in [6, 6.07) is 31.1. The molecule has 7 nitrogen and oxygen atoms in total. The number of carbonyl (C=O) groups excluding carboxylic acids is 1. The number of benzene rings is 4. The van der Waals surface area contributed by atoms with Gasteiger partial charge in [0.15, 0.2) is 11.6 Å². The SMILES string of the molecule is O=C(NNCCc1ccc(Br)cc1)[C@@]1(Cc2ccccc2Br)N=C(c2ccc(OCCCO)cc2)O[C@H]1c1ccccc1Br. The summed E-state index contributed by atoms with van der Waals surface area (Å²) < 4.78 is 15.1. The summed E-state index contributed by atoms with van der Waals surface area (Å²) >= 11 is 10.8. The molecule has 228 valence electrons. The molecule has 0 spiro atoms. The van der Waals surface area contributed by atoms with Crippen LogP contribution in [0, 0.1) is 0 Å². The van der Waals surface area contributed by atoms with Crippen LogP contribution in [0.15, 0.2) is 115 Å². The van der Waals surface area contributed by atoms with Crippen molar-refractivity contribution in [3.05, 3.63) is 133 Å². The molecule has 0 aromatic heterocycles. The Labute approximate surface area is 282 Å². The highest BCUT2D eigenvalue weighted by Gasteiger charge is 2.54. The van der Waals surface area contributed by atoms with Crippen molar-refractivity contribution in [2.24, 2.45) is 4.99 Å². The number of hydrogen-bond acceptors (Lipinski definition) is 6. The van der Waals surface area contributed by atoms with Crippen molar-refractivity contribution in [1.82, 2.24) is 10.9 Å². The molecule has 44 heavy (non-hydrogen) atoms. The molecule has 0 aliphatic carbocycles. The van der Waals surface area contributed by atoms with Gasteiger partial charge in [0.1, 0.15) is 5.75 Å². The minimum absolute atomic E-state index is 0.0694. The second-order valence-electron chi connectivity index (χ2n) is 10.3. The van der Waals surface area contributed by atoms with Gasteiger partial charge in [-0.3, -0.25) is 10.2 Å². The summed E-state index contributed by atoms with van der Waals surface area (Å²) in [6.07, 6.45) is 0.839. The molecule has 10 heteroatoms. The summed E-state index contributed by atoms with van der Waals surface area (Å²) in [6.45, 7) is 1.02. The number of hydrogen-bond donors (Lipinski definition) is 3. The van der Waals surface area contributed by atoms with Gasteiger partial charge in [-0.2, -0.15) is 0 Å². The van der Waals surface area contributed by atoms with Crippen molar-refractivity contribution < 1.29 is 19.4 Å². The summed E-state index contributed by atoms with van der Waals surface area (Å²) in [5, 5.41) is 9.06. The predicted molar refractivity (Wildman–Crippen MR) is 183 cm³/mol. The molecule has 0 unspecified atom stereocenters. The van der Waals surface area contributed by atoms with Crippen molar-refractivity contribution in [1.29, 1.82) is 0 Å². The van der Waals surface area contributed by atoms with Crippen molar-refractivity contribution in [3.8, 4) is 5.75 Å². The van der Waals surface area contributed by atoms with Crippen LogP contribution >= 0.6 is 47.8 Å². The number of nitrogens with zero attached hydrogens (tertiary/aromatic N) is 1. The molecule has 3 N–H and O–H groups in total. The number of carbonyl (C=O) groups is 1. The van der Waals surface area contributed by atoms with Crippen molar-refractivity contribution in [3.63, 3.8) is 0 Å². The van der Waals surface area contributed by atoms with Gasteiger partial charge >= 0.3 is 0 Å². The Morgan fingerprint density at radius 3 is 2.32 bits per heavy atom. The quantitative estimate of drug-likeness (QED) is 0.0995. The van der Waals surface area contributed by atoms with Gasteiger partial charge in [0.05, 0.1) is 6.61 Å². The van der Waals surface area contributed by atoms with Crippen LogP contribution in [-0.2, 0) is 22.4 Å². The second-order valence-corrected chi connectivity index (χ2v) is 13.0. The number of halogens is 3. The van der Waals surface area contributed by atoms with E-state index in [1.165, 1.54) is 0 Å². The maximum Gasteiger partial charge on any atom is 0.266 e. The molecule has 1 amide bonds. The lowest BCUT2D eigenvalue weighted by Gasteiger charge is -2.31. The fraction of sp³-hybridized carbons (Fsp3) is 0.235. The van der Waals surface area contributed by atoms with Gasteiger partial charge < -0.3 is 14.6 Å². The first-order chi connectivity index (χ1) is 21.4. The Morgan fingerprint density at radius 2 is 1.61 bits per heavy atom. The zero-order valence-corrected chi connectivity index (χ0v) is 28.6. The fourth-order valence-corrected chi connectivity index (χ4v) is 6.17. The van der Waals surface area contributed by atoms with E-state index in [-0.39, 0.29) is 18.9 Å². The zero-order valence-electron chi connectivity index (χ0n) is 23.8. The third kappa shape index (κ3) is 7.79. The maximum absolute atomic E-state index is 14.4. The van der Waals surface area contributed by atoms with E-state index in [1.54, 1.807) is 0 Å². The topological polar surface area (TPSA) is 92.2 Å². The largest absolute Gasteiger partial charge is 0.494 e. The number of nitrogens with one attached hydrogen (secondary N) is 2. The molecule has 0 radical (unpaired) electrons. The number of rotatable bonds is 13. The molecule has 4 aromatic rings. The molecule has 2 atom stereocenters. The Kier molecular flexibility index (Phi) is 11.3. The monoisotopic (exact) mass is 783 g/mol. The van der Waals surface area contributed by atoms with Crippen LogP contribution in [0.2, 0.25) is 0 Å². The Bertz CT molecular complexity index is 1600. The van der Waals surface area contributed by atoms with Crippen LogP contribution in [0.1, 0.15) is 34.8 Å². The summed E-state index contributed by atoms with van der Waals surface area (Å²) in [5.41, 5.74) is 8.36. The number of amides is 1. The average molecular weight is 786 g/mol. The maximum atomic E-state index is 14.4. The standard InChI is InChI=1S/C34H32Br3N3O4/c35-26-14-10-23(11-15-26)18-19-38-40-33(42)34(22-25-6-1-3-8-29(25)36)31(28-7-2-4-9-30(28)37)44-32(39-34)24-12-16-27(17-13-24)43-21-5-20-41/h1-4,6-17,31,38,41H,5,18-22H2,(H,40,42)/t31-,34-/m0/s1. The molecular weight excluding hydrogens is 754 g/mol. The van der Waals surface area contributed by atoms with E-state index in [1.807, 2.05) is 84.9 Å². The van der Waals surface area contributed by atoms with Gasteiger partial charge in [-0.25, -0.2) is 10.4 Å². The number of aliphatic imine (C=N–C) groups is 1. The summed E-state index contributed by atoms with van der Waals surface area (Å²) in [7, 11) is 0.